The summed E-state index contributed by atoms with van der Waals surface area (Å²) in [7, 11) is -3.09. The van der Waals surface area contributed by atoms with E-state index in [-0.39, 0.29) is 5.91 Å². The molecule has 0 fully saturated rings. The minimum absolute atomic E-state index is 0.0742. The van der Waals surface area contributed by atoms with Crippen LogP contribution in [-0.2, 0) is 10.0 Å². The Labute approximate surface area is 114 Å². The van der Waals surface area contributed by atoms with E-state index in [1.807, 2.05) is 18.2 Å². The molecule has 1 amide bonds. The molecule has 1 aromatic carbocycles. The predicted octanol–water partition coefficient (Wildman–Crippen LogP) is 1.14. The molecule has 6 heteroatoms. The highest BCUT2D eigenvalue weighted by atomic mass is 32.2. The van der Waals surface area contributed by atoms with Crippen LogP contribution in [0.3, 0.4) is 0 Å². The molecule has 0 saturated carbocycles. The van der Waals surface area contributed by atoms with Crippen LogP contribution < -0.4 is 10.0 Å². The zero-order valence-corrected chi connectivity index (χ0v) is 11.9. The fourth-order valence-electron chi connectivity index (χ4n) is 1.58. The first-order valence-electron chi connectivity index (χ1n) is 6.27. The van der Waals surface area contributed by atoms with E-state index >= 15 is 0 Å². The van der Waals surface area contributed by atoms with Crippen molar-refractivity contribution in [3.8, 4) is 0 Å². The molecule has 2 N–H and O–H groups in total. The summed E-state index contributed by atoms with van der Waals surface area (Å²) in [6.07, 6.45) is 3.63. The molecule has 0 radical (unpaired) electrons. The number of nitrogens with one attached hydrogen (secondary N) is 2. The summed E-state index contributed by atoms with van der Waals surface area (Å²) >= 11 is 0. The summed E-state index contributed by atoms with van der Waals surface area (Å²) < 4.78 is 24.0. The van der Waals surface area contributed by atoms with Gasteiger partial charge in [-0.3, -0.25) is 4.79 Å². The quantitative estimate of drug-likeness (QED) is 0.703. The normalized spacial score (nSPS) is 11.2. The van der Waals surface area contributed by atoms with Gasteiger partial charge in [0.2, 0.25) is 10.0 Å². The molecule has 106 valence electrons. The number of benzene rings is 1. The van der Waals surface area contributed by atoms with Gasteiger partial charge >= 0.3 is 0 Å². The zero-order chi connectivity index (χ0) is 14.1. The summed E-state index contributed by atoms with van der Waals surface area (Å²) in [5, 5.41) is 2.83. The molecule has 0 aliphatic carbocycles. The van der Waals surface area contributed by atoms with Crippen LogP contribution in [0.2, 0.25) is 0 Å². The minimum Gasteiger partial charge on any atom is -0.352 e. The van der Waals surface area contributed by atoms with Gasteiger partial charge < -0.3 is 5.32 Å². The molecule has 19 heavy (non-hydrogen) atoms. The number of hydrogen-bond acceptors (Lipinski definition) is 3. The van der Waals surface area contributed by atoms with Crippen molar-refractivity contribution < 1.29 is 13.2 Å². The van der Waals surface area contributed by atoms with Crippen molar-refractivity contribution in [3.63, 3.8) is 0 Å². The van der Waals surface area contributed by atoms with E-state index in [1.54, 1.807) is 12.1 Å². The number of amides is 1. The van der Waals surface area contributed by atoms with Gasteiger partial charge in [0, 0.05) is 18.7 Å². The Kier molecular flexibility index (Phi) is 6.52. The van der Waals surface area contributed by atoms with Gasteiger partial charge in [0.25, 0.3) is 5.91 Å². The van der Waals surface area contributed by atoms with Crippen LogP contribution in [0, 0.1) is 0 Å². The maximum Gasteiger partial charge on any atom is 0.251 e. The number of sulfonamides is 1. The number of carbonyl (C=O) groups excluding carboxylic acids is 1. The van der Waals surface area contributed by atoms with E-state index in [0.29, 0.717) is 18.7 Å². The highest BCUT2D eigenvalue weighted by Gasteiger charge is 2.03. The summed E-state index contributed by atoms with van der Waals surface area (Å²) in [6, 6.07) is 9.06. The Balaban J connectivity index is 2.07. The lowest BCUT2D eigenvalue weighted by atomic mass is 10.2. The lowest BCUT2D eigenvalue weighted by Crippen LogP contribution is -2.25. The van der Waals surface area contributed by atoms with Crippen molar-refractivity contribution in [1.29, 1.82) is 0 Å². The third-order valence-electron chi connectivity index (χ3n) is 2.54. The summed E-state index contributed by atoms with van der Waals surface area (Å²) in [6.45, 7) is 1.05. The molecule has 0 aliphatic rings. The van der Waals surface area contributed by atoms with Gasteiger partial charge in [0.15, 0.2) is 0 Å². The van der Waals surface area contributed by atoms with E-state index in [0.717, 1.165) is 25.5 Å². The van der Waals surface area contributed by atoms with Gasteiger partial charge in [-0.2, -0.15) is 0 Å². The van der Waals surface area contributed by atoms with E-state index in [1.165, 1.54) is 0 Å². The van der Waals surface area contributed by atoms with Crippen LogP contribution in [0.15, 0.2) is 30.3 Å². The smallest absolute Gasteiger partial charge is 0.251 e. The van der Waals surface area contributed by atoms with E-state index < -0.39 is 10.0 Å². The van der Waals surface area contributed by atoms with Crippen molar-refractivity contribution in [2.24, 2.45) is 0 Å². The molecule has 0 atom stereocenters. The van der Waals surface area contributed by atoms with Crippen molar-refractivity contribution in [1.82, 2.24) is 10.0 Å². The zero-order valence-electron chi connectivity index (χ0n) is 11.1. The third kappa shape index (κ3) is 7.58. The van der Waals surface area contributed by atoms with E-state index in [4.69, 9.17) is 0 Å². The second-order valence-corrected chi connectivity index (χ2v) is 6.18. The first kappa shape index (κ1) is 15.7. The fourth-order valence-corrected chi connectivity index (χ4v) is 2.09. The molecule has 0 aliphatic heterocycles. The molecule has 0 saturated heterocycles. The van der Waals surface area contributed by atoms with Gasteiger partial charge in [-0.05, 0) is 25.0 Å². The van der Waals surface area contributed by atoms with Gasteiger partial charge in [0.05, 0.1) is 6.26 Å². The third-order valence-corrected chi connectivity index (χ3v) is 3.27. The lowest BCUT2D eigenvalue weighted by molar-refractivity contribution is 0.0953. The van der Waals surface area contributed by atoms with Gasteiger partial charge in [-0.25, -0.2) is 13.1 Å². The van der Waals surface area contributed by atoms with Crippen LogP contribution in [0.5, 0.6) is 0 Å². The Hall–Kier alpha value is -1.40. The SMILES string of the molecule is CS(=O)(=O)NCCCCCNC(=O)c1ccccc1. The topological polar surface area (TPSA) is 75.3 Å². The second kappa shape index (κ2) is 7.91. The van der Waals surface area contributed by atoms with Crippen LogP contribution in [0.4, 0.5) is 0 Å². The van der Waals surface area contributed by atoms with Crippen LogP contribution >= 0.6 is 0 Å². The Morgan fingerprint density at radius 3 is 2.32 bits per heavy atom. The van der Waals surface area contributed by atoms with Crippen LogP contribution in [-0.4, -0.2) is 33.7 Å². The van der Waals surface area contributed by atoms with Crippen molar-refractivity contribution in [2.75, 3.05) is 19.3 Å². The first-order chi connectivity index (χ1) is 8.99. The number of rotatable bonds is 8. The standard InChI is InChI=1S/C13H20N2O3S/c1-19(17,18)15-11-7-3-6-10-14-13(16)12-8-4-2-5-9-12/h2,4-5,8-9,15H,3,6-7,10-11H2,1H3,(H,14,16). The molecule has 0 heterocycles. The van der Waals surface area contributed by atoms with Gasteiger partial charge in [-0.1, -0.05) is 24.6 Å². The molecular weight excluding hydrogens is 264 g/mol. The van der Waals surface area contributed by atoms with Crippen LogP contribution in [0.1, 0.15) is 29.6 Å². The minimum atomic E-state index is -3.09. The highest BCUT2D eigenvalue weighted by Crippen LogP contribution is 1.98. The van der Waals surface area contributed by atoms with Gasteiger partial charge in [-0.15, -0.1) is 0 Å². The molecule has 0 aromatic heterocycles. The maximum atomic E-state index is 11.7. The molecule has 1 aromatic rings. The molecule has 5 nitrogen and oxygen atoms in total. The number of unbranched alkanes of at least 4 members (excludes halogenated alkanes) is 2. The van der Waals surface area contributed by atoms with Crippen molar-refractivity contribution >= 4 is 15.9 Å². The average Bonchev–Trinajstić information content (AvgIpc) is 2.37. The summed E-state index contributed by atoms with van der Waals surface area (Å²) in [5.41, 5.74) is 0.654. The second-order valence-electron chi connectivity index (χ2n) is 4.35. The van der Waals surface area contributed by atoms with Gasteiger partial charge in [0.1, 0.15) is 0 Å². The summed E-state index contributed by atoms with van der Waals surface area (Å²) in [4.78, 5) is 11.7. The Morgan fingerprint density at radius 1 is 1.05 bits per heavy atom. The fraction of sp³-hybridized carbons (Fsp3) is 0.462. The predicted molar refractivity (Wildman–Crippen MR) is 75.5 cm³/mol. The van der Waals surface area contributed by atoms with Crippen LogP contribution in [0.25, 0.3) is 0 Å². The highest BCUT2D eigenvalue weighted by molar-refractivity contribution is 7.88. The Bertz CT molecular complexity index is 486. The first-order valence-corrected chi connectivity index (χ1v) is 8.16. The number of hydrogen-bond donors (Lipinski definition) is 2. The molecule has 1 rings (SSSR count). The number of carbonyl (C=O) groups is 1. The molecule has 0 spiro atoms. The largest absolute Gasteiger partial charge is 0.352 e. The molecule has 0 unspecified atom stereocenters. The summed E-state index contributed by atoms with van der Waals surface area (Å²) in [5.74, 6) is -0.0742. The maximum absolute atomic E-state index is 11.7. The van der Waals surface area contributed by atoms with E-state index in [2.05, 4.69) is 10.0 Å². The van der Waals surface area contributed by atoms with Crippen molar-refractivity contribution in [3.05, 3.63) is 35.9 Å². The Morgan fingerprint density at radius 2 is 1.68 bits per heavy atom. The lowest BCUT2D eigenvalue weighted by Gasteiger charge is -2.05. The van der Waals surface area contributed by atoms with E-state index in [9.17, 15) is 13.2 Å². The van der Waals surface area contributed by atoms with Crippen molar-refractivity contribution in [2.45, 2.75) is 19.3 Å². The average molecular weight is 284 g/mol. The molecular formula is C13H20N2O3S. The monoisotopic (exact) mass is 284 g/mol. The molecule has 0 bridgehead atoms.